The second-order valence-corrected chi connectivity index (χ2v) is 8.65. The number of amides is 1. The Bertz CT molecular complexity index is 1090. The molecule has 1 aliphatic rings. The van der Waals surface area contributed by atoms with Gasteiger partial charge in [-0.3, -0.25) is 4.79 Å². The third-order valence-corrected chi connectivity index (χ3v) is 6.55. The molecular weight excluding hydrogens is 406 g/mol. The van der Waals surface area contributed by atoms with Crippen molar-refractivity contribution in [1.29, 1.82) is 0 Å². The number of halogens is 1. The molecule has 29 heavy (non-hydrogen) atoms. The molecule has 1 amide bonds. The molecule has 1 aromatic heterocycles. The van der Waals surface area contributed by atoms with E-state index in [0.29, 0.717) is 30.0 Å². The highest BCUT2D eigenvalue weighted by atomic mass is 35.5. The van der Waals surface area contributed by atoms with Crippen molar-refractivity contribution in [3.8, 4) is 22.3 Å². The van der Waals surface area contributed by atoms with Gasteiger partial charge in [-0.05, 0) is 66.1 Å². The Morgan fingerprint density at radius 2 is 1.86 bits per heavy atom. The summed E-state index contributed by atoms with van der Waals surface area (Å²) in [6.07, 6.45) is 1.19. The Morgan fingerprint density at radius 1 is 1.07 bits per heavy atom. The number of rotatable bonds is 4. The predicted molar refractivity (Wildman–Crippen MR) is 117 cm³/mol. The number of carboxylic acids is 1. The van der Waals surface area contributed by atoms with Gasteiger partial charge in [0.2, 0.25) is 0 Å². The highest BCUT2D eigenvalue weighted by Gasteiger charge is 2.34. The number of nitrogens with zero attached hydrogens (tertiary/aromatic N) is 1. The highest BCUT2D eigenvalue weighted by molar-refractivity contribution is 7.10. The van der Waals surface area contributed by atoms with E-state index >= 15 is 0 Å². The van der Waals surface area contributed by atoms with Crippen LogP contribution in [-0.4, -0.2) is 34.5 Å². The lowest BCUT2D eigenvalue weighted by Gasteiger charge is -2.22. The van der Waals surface area contributed by atoms with Gasteiger partial charge in [-0.2, -0.15) is 0 Å². The van der Waals surface area contributed by atoms with Crippen LogP contribution in [0.4, 0.5) is 0 Å². The number of likely N-dealkylation sites (tertiary alicyclic amines) is 1. The molecule has 0 radical (unpaired) electrons. The predicted octanol–water partition coefficient (Wildman–Crippen LogP) is 5.73. The zero-order chi connectivity index (χ0) is 20.5. The van der Waals surface area contributed by atoms with Gasteiger partial charge in [-0.25, -0.2) is 4.79 Å². The van der Waals surface area contributed by atoms with Crippen LogP contribution >= 0.6 is 22.9 Å². The number of carbonyl (C=O) groups excluding carboxylic acids is 1. The lowest BCUT2D eigenvalue weighted by Crippen LogP contribution is -2.40. The smallest absolute Gasteiger partial charge is 0.326 e. The van der Waals surface area contributed by atoms with E-state index in [1.54, 1.807) is 17.4 Å². The summed E-state index contributed by atoms with van der Waals surface area (Å²) in [5.74, 6) is -1.20. The van der Waals surface area contributed by atoms with Gasteiger partial charge in [-0.15, -0.1) is 11.3 Å². The molecule has 1 aliphatic heterocycles. The van der Waals surface area contributed by atoms with Crippen LogP contribution in [0.1, 0.15) is 28.1 Å². The van der Waals surface area contributed by atoms with E-state index in [0.717, 1.165) is 22.3 Å². The monoisotopic (exact) mass is 425 g/mol. The van der Waals surface area contributed by atoms with Gasteiger partial charge in [0.1, 0.15) is 6.04 Å². The van der Waals surface area contributed by atoms with Gasteiger partial charge in [0, 0.05) is 27.6 Å². The Kier molecular flexibility index (Phi) is 5.43. The first-order valence-corrected chi connectivity index (χ1v) is 10.7. The van der Waals surface area contributed by atoms with Crippen LogP contribution in [0, 0.1) is 6.92 Å². The van der Waals surface area contributed by atoms with Gasteiger partial charge in [-0.1, -0.05) is 35.9 Å². The second-order valence-electron chi connectivity index (χ2n) is 7.13. The lowest BCUT2D eigenvalue weighted by molar-refractivity contribution is -0.141. The topological polar surface area (TPSA) is 57.6 Å². The van der Waals surface area contributed by atoms with E-state index in [2.05, 4.69) is 13.0 Å². The van der Waals surface area contributed by atoms with E-state index < -0.39 is 12.0 Å². The average molecular weight is 426 g/mol. The molecule has 0 aliphatic carbocycles. The molecule has 6 heteroatoms. The van der Waals surface area contributed by atoms with E-state index in [9.17, 15) is 14.7 Å². The molecule has 0 bridgehead atoms. The molecular formula is C23H20ClNO3S. The van der Waals surface area contributed by atoms with Crippen molar-refractivity contribution in [2.24, 2.45) is 0 Å². The van der Waals surface area contributed by atoms with Crippen LogP contribution in [0.5, 0.6) is 0 Å². The summed E-state index contributed by atoms with van der Waals surface area (Å²) in [6, 6.07) is 14.4. The summed E-state index contributed by atoms with van der Waals surface area (Å²) in [7, 11) is 0. The van der Waals surface area contributed by atoms with Crippen molar-refractivity contribution in [3.05, 3.63) is 69.4 Å². The minimum absolute atomic E-state index is 0.253. The van der Waals surface area contributed by atoms with Crippen molar-refractivity contribution in [2.75, 3.05) is 6.54 Å². The molecule has 1 unspecified atom stereocenters. The zero-order valence-electron chi connectivity index (χ0n) is 15.9. The third kappa shape index (κ3) is 3.68. The first-order chi connectivity index (χ1) is 14.0. The van der Waals surface area contributed by atoms with Crippen LogP contribution in [-0.2, 0) is 4.79 Å². The minimum atomic E-state index is -0.951. The average Bonchev–Trinajstić information content (AvgIpc) is 3.36. The maximum absolute atomic E-state index is 13.1. The quantitative estimate of drug-likeness (QED) is 0.580. The van der Waals surface area contributed by atoms with Gasteiger partial charge < -0.3 is 10.0 Å². The van der Waals surface area contributed by atoms with Gasteiger partial charge in [0.15, 0.2) is 0 Å². The fourth-order valence-electron chi connectivity index (χ4n) is 3.91. The van der Waals surface area contributed by atoms with Crippen molar-refractivity contribution >= 4 is 34.8 Å². The largest absolute Gasteiger partial charge is 0.480 e. The fraction of sp³-hybridized carbons (Fsp3) is 0.217. The Hall–Kier alpha value is -2.63. The van der Waals surface area contributed by atoms with Gasteiger partial charge >= 0.3 is 5.97 Å². The van der Waals surface area contributed by atoms with Crippen LogP contribution in [0.15, 0.2) is 53.9 Å². The molecule has 0 saturated carbocycles. The number of carbonyl (C=O) groups is 2. The SMILES string of the molecule is Cc1sccc1-c1ccc(C(=O)N2CCCC2C(=O)O)cc1-c1ccccc1Cl. The maximum Gasteiger partial charge on any atom is 0.326 e. The molecule has 2 aromatic carbocycles. The second kappa shape index (κ2) is 8.01. The van der Waals surface area contributed by atoms with E-state index in [-0.39, 0.29) is 5.91 Å². The molecule has 3 aromatic rings. The van der Waals surface area contributed by atoms with Crippen molar-refractivity contribution < 1.29 is 14.7 Å². The molecule has 4 rings (SSSR count). The van der Waals surface area contributed by atoms with Crippen molar-refractivity contribution in [3.63, 3.8) is 0 Å². The van der Waals surface area contributed by atoms with E-state index in [4.69, 9.17) is 11.6 Å². The van der Waals surface area contributed by atoms with Crippen molar-refractivity contribution in [2.45, 2.75) is 25.8 Å². The summed E-state index contributed by atoms with van der Waals surface area (Å²) < 4.78 is 0. The first kappa shape index (κ1) is 19.7. The number of thiophene rings is 1. The van der Waals surface area contributed by atoms with E-state index in [1.807, 2.05) is 41.8 Å². The van der Waals surface area contributed by atoms with Gasteiger partial charge in [0.25, 0.3) is 5.91 Å². The first-order valence-electron chi connectivity index (χ1n) is 9.44. The number of aliphatic carboxylic acids is 1. The normalized spacial score (nSPS) is 16.2. The number of aryl methyl sites for hydroxylation is 1. The van der Waals surface area contributed by atoms with Gasteiger partial charge in [0.05, 0.1) is 0 Å². The van der Waals surface area contributed by atoms with Crippen LogP contribution in [0.2, 0.25) is 5.02 Å². The molecule has 4 nitrogen and oxygen atoms in total. The summed E-state index contributed by atoms with van der Waals surface area (Å²) in [5.41, 5.74) is 4.30. The number of carboxylic acid groups (broad SMARTS) is 1. The summed E-state index contributed by atoms with van der Waals surface area (Å²) in [5, 5.41) is 12.1. The molecule has 1 atom stereocenters. The lowest BCUT2D eigenvalue weighted by atomic mass is 9.92. The highest BCUT2D eigenvalue weighted by Crippen LogP contribution is 2.39. The zero-order valence-corrected chi connectivity index (χ0v) is 17.5. The molecule has 1 saturated heterocycles. The molecule has 1 fully saturated rings. The van der Waals surface area contributed by atoms with Crippen LogP contribution in [0.3, 0.4) is 0 Å². The number of hydrogen-bond donors (Lipinski definition) is 1. The summed E-state index contributed by atoms with van der Waals surface area (Å²) in [4.78, 5) is 27.3. The van der Waals surface area contributed by atoms with Crippen LogP contribution in [0.25, 0.3) is 22.3 Å². The fourth-order valence-corrected chi connectivity index (χ4v) is 4.86. The molecule has 1 N–H and O–H groups in total. The van der Waals surface area contributed by atoms with Crippen LogP contribution < -0.4 is 0 Å². The number of hydrogen-bond acceptors (Lipinski definition) is 3. The van der Waals surface area contributed by atoms with E-state index in [1.165, 1.54) is 9.78 Å². The summed E-state index contributed by atoms with van der Waals surface area (Å²) >= 11 is 8.15. The van der Waals surface area contributed by atoms with Crippen molar-refractivity contribution in [1.82, 2.24) is 4.90 Å². The molecule has 0 spiro atoms. The molecule has 2 heterocycles. The number of benzene rings is 2. The standard InChI is InChI=1S/C23H20ClNO3S/c1-14-16(10-12-29-14)17-9-8-15(13-19(17)18-5-2-3-6-20(18)24)22(26)25-11-4-7-21(25)23(27)28/h2-3,5-6,8-10,12-13,21H,4,7,11H2,1H3,(H,27,28). The maximum atomic E-state index is 13.1. The Labute approximate surface area is 178 Å². The Morgan fingerprint density at radius 3 is 2.55 bits per heavy atom. The minimum Gasteiger partial charge on any atom is -0.480 e. The Balaban J connectivity index is 1.83. The summed E-state index contributed by atoms with van der Waals surface area (Å²) in [6.45, 7) is 2.53. The third-order valence-electron chi connectivity index (χ3n) is 5.38. The molecule has 148 valence electrons.